The van der Waals surface area contributed by atoms with Crippen LogP contribution in [0, 0.1) is 0 Å². The van der Waals surface area contributed by atoms with Gasteiger partial charge in [0.1, 0.15) is 17.9 Å². The summed E-state index contributed by atoms with van der Waals surface area (Å²) in [6, 6.07) is 13.8. The summed E-state index contributed by atoms with van der Waals surface area (Å²) in [5.41, 5.74) is 6.23. The molecule has 6 heteroatoms. The molecule has 1 amide bonds. The lowest BCUT2D eigenvalue weighted by molar-refractivity contribution is -0.125. The van der Waals surface area contributed by atoms with E-state index in [1.54, 1.807) is 36.4 Å². The Morgan fingerprint density at radius 1 is 1.13 bits per heavy atom. The number of primary amides is 1. The van der Waals surface area contributed by atoms with Gasteiger partial charge in [-0.3, -0.25) is 4.79 Å². The van der Waals surface area contributed by atoms with E-state index in [9.17, 15) is 9.59 Å². The Balaban J connectivity index is 2.09. The van der Waals surface area contributed by atoms with Gasteiger partial charge >= 0.3 is 5.97 Å². The zero-order valence-corrected chi connectivity index (χ0v) is 13.2. The van der Waals surface area contributed by atoms with Crippen LogP contribution in [0.1, 0.15) is 22.8 Å². The summed E-state index contributed by atoms with van der Waals surface area (Å²) in [4.78, 5) is 23.1. The van der Waals surface area contributed by atoms with Crippen LogP contribution in [0.3, 0.4) is 0 Å². The molecule has 0 heterocycles. The van der Waals surface area contributed by atoms with Crippen molar-refractivity contribution in [1.29, 1.82) is 0 Å². The van der Waals surface area contributed by atoms with Crippen LogP contribution in [-0.4, -0.2) is 18.0 Å². The average molecular weight is 334 g/mol. The van der Waals surface area contributed by atoms with Crippen molar-refractivity contribution < 1.29 is 19.1 Å². The molecule has 23 heavy (non-hydrogen) atoms. The van der Waals surface area contributed by atoms with Crippen molar-refractivity contribution in [3.63, 3.8) is 0 Å². The van der Waals surface area contributed by atoms with Gasteiger partial charge < -0.3 is 15.2 Å². The molecule has 0 radical (unpaired) electrons. The summed E-state index contributed by atoms with van der Waals surface area (Å²) in [6.45, 7) is 1.68. The summed E-state index contributed by atoms with van der Waals surface area (Å²) < 4.78 is 10.7. The molecule has 120 valence electrons. The first-order valence-electron chi connectivity index (χ1n) is 6.94. The van der Waals surface area contributed by atoms with E-state index in [4.69, 9.17) is 26.8 Å². The van der Waals surface area contributed by atoms with E-state index in [1.165, 1.54) is 6.92 Å². The molecule has 0 spiro atoms. The first kappa shape index (κ1) is 16.8. The highest BCUT2D eigenvalue weighted by molar-refractivity contribution is 6.30. The maximum Gasteiger partial charge on any atom is 0.342 e. The van der Waals surface area contributed by atoms with E-state index in [0.29, 0.717) is 10.8 Å². The van der Waals surface area contributed by atoms with Gasteiger partial charge in [0.05, 0.1) is 0 Å². The highest BCUT2D eigenvalue weighted by Gasteiger charge is 2.19. The van der Waals surface area contributed by atoms with Crippen molar-refractivity contribution in [3.05, 3.63) is 64.7 Å². The normalized spacial score (nSPS) is 11.6. The molecule has 0 aromatic heterocycles. The van der Waals surface area contributed by atoms with Crippen LogP contribution in [0.4, 0.5) is 0 Å². The maximum atomic E-state index is 12.1. The molecule has 0 unspecified atom stereocenters. The molecular formula is C17H16ClNO4. The number of para-hydroxylation sites is 1. The number of ether oxygens (including phenoxy) is 2. The van der Waals surface area contributed by atoms with Gasteiger partial charge in [0, 0.05) is 5.02 Å². The number of carbonyl (C=O) groups excluding carboxylic acids is 2. The molecule has 2 rings (SSSR count). The molecule has 0 aliphatic rings. The number of hydrogen-bond donors (Lipinski definition) is 1. The summed E-state index contributed by atoms with van der Waals surface area (Å²) in [7, 11) is 0. The summed E-state index contributed by atoms with van der Waals surface area (Å²) >= 11 is 5.83. The molecule has 0 aliphatic heterocycles. The number of carbonyl (C=O) groups is 2. The third-order valence-corrected chi connectivity index (χ3v) is 3.35. The van der Waals surface area contributed by atoms with Gasteiger partial charge in [-0.15, -0.1) is 0 Å². The van der Waals surface area contributed by atoms with Crippen LogP contribution < -0.4 is 10.5 Å². The first-order chi connectivity index (χ1) is 11.0. The minimum absolute atomic E-state index is 0.231. The zero-order chi connectivity index (χ0) is 16.8. The Kier molecular flexibility index (Phi) is 5.60. The second-order valence-electron chi connectivity index (χ2n) is 4.86. The largest absolute Gasteiger partial charge is 0.488 e. The predicted molar refractivity (Wildman–Crippen MR) is 86.3 cm³/mol. The summed E-state index contributed by atoms with van der Waals surface area (Å²) in [5, 5.41) is 0.637. The van der Waals surface area contributed by atoms with E-state index < -0.39 is 18.0 Å². The summed E-state index contributed by atoms with van der Waals surface area (Å²) in [6.07, 6.45) is -1.01. The number of halogens is 1. The van der Waals surface area contributed by atoms with Crippen LogP contribution in [0.15, 0.2) is 48.5 Å². The van der Waals surface area contributed by atoms with E-state index >= 15 is 0 Å². The molecule has 0 aliphatic carbocycles. The van der Waals surface area contributed by atoms with Crippen LogP contribution >= 0.6 is 11.6 Å². The molecule has 0 fully saturated rings. The molecule has 0 saturated heterocycles. The van der Waals surface area contributed by atoms with Crippen molar-refractivity contribution in [3.8, 4) is 5.75 Å². The number of hydrogen-bond acceptors (Lipinski definition) is 4. The molecule has 2 aromatic rings. The number of benzene rings is 2. The zero-order valence-electron chi connectivity index (χ0n) is 12.5. The Bertz CT molecular complexity index is 700. The van der Waals surface area contributed by atoms with E-state index in [-0.39, 0.29) is 12.2 Å². The molecular weight excluding hydrogens is 318 g/mol. The maximum absolute atomic E-state index is 12.1. The topological polar surface area (TPSA) is 78.6 Å². The highest BCUT2D eigenvalue weighted by atomic mass is 35.5. The standard InChI is InChI=1S/C17H16ClNO4/c1-11(16(19)20)23-17(21)14-4-2-3-5-15(14)22-10-12-6-8-13(18)9-7-12/h2-9,11H,10H2,1H3,(H2,19,20)/t11-/m0/s1. The Labute approximate surface area is 139 Å². The summed E-state index contributed by atoms with van der Waals surface area (Å²) in [5.74, 6) is -1.01. The van der Waals surface area contributed by atoms with Crippen LogP contribution in [0.5, 0.6) is 5.75 Å². The number of rotatable bonds is 6. The van der Waals surface area contributed by atoms with Crippen LogP contribution in [0.25, 0.3) is 0 Å². The number of nitrogens with two attached hydrogens (primary N) is 1. The van der Waals surface area contributed by atoms with Gasteiger partial charge in [0.25, 0.3) is 5.91 Å². The minimum atomic E-state index is -1.01. The monoisotopic (exact) mass is 333 g/mol. The van der Waals surface area contributed by atoms with Gasteiger partial charge in [-0.1, -0.05) is 35.9 Å². The SMILES string of the molecule is C[C@H](OC(=O)c1ccccc1OCc1ccc(Cl)cc1)C(N)=O. The molecule has 0 saturated carbocycles. The third-order valence-electron chi connectivity index (χ3n) is 3.10. The fourth-order valence-corrected chi connectivity index (χ4v) is 1.91. The minimum Gasteiger partial charge on any atom is -0.488 e. The van der Waals surface area contributed by atoms with Crippen molar-refractivity contribution in [2.75, 3.05) is 0 Å². The smallest absolute Gasteiger partial charge is 0.342 e. The van der Waals surface area contributed by atoms with E-state index in [0.717, 1.165) is 5.56 Å². The Morgan fingerprint density at radius 3 is 2.43 bits per heavy atom. The highest BCUT2D eigenvalue weighted by Crippen LogP contribution is 2.21. The number of amides is 1. The number of esters is 1. The van der Waals surface area contributed by atoms with Crippen molar-refractivity contribution >= 4 is 23.5 Å². The predicted octanol–water partition coefficient (Wildman–Crippen LogP) is 2.95. The second kappa shape index (κ2) is 7.65. The lowest BCUT2D eigenvalue weighted by atomic mass is 10.2. The van der Waals surface area contributed by atoms with Crippen molar-refractivity contribution in [2.45, 2.75) is 19.6 Å². The van der Waals surface area contributed by atoms with Crippen LogP contribution in [-0.2, 0) is 16.1 Å². The van der Waals surface area contributed by atoms with Gasteiger partial charge in [-0.25, -0.2) is 4.79 Å². The van der Waals surface area contributed by atoms with Crippen LogP contribution in [0.2, 0.25) is 5.02 Å². The molecule has 0 bridgehead atoms. The van der Waals surface area contributed by atoms with Gasteiger partial charge in [-0.05, 0) is 36.8 Å². The quantitative estimate of drug-likeness (QED) is 0.824. The van der Waals surface area contributed by atoms with E-state index in [1.807, 2.05) is 12.1 Å². The fraction of sp³-hybridized carbons (Fsp3) is 0.176. The molecule has 2 N–H and O–H groups in total. The lowest BCUT2D eigenvalue weighted by Crippen LogP contribution is -2.30. The molecule has 5 nitrogen and oxygen atoms in total. The van der Waals surface area contributed by atoms with Gasteiger partial charge in [-0.2, -0.15) is 0 Å². The van der Waals surface area contributed by atoms with Crippen molar-refractivity contribution in [1.82, 2.24) is 0 Å². The first-order valence-corrected chi connectivity index (χ1v) is 7.31. The molecule has 2 aromatic carbocycles. The fourth-order valence-electron chi connectivity index (χ4n) is 1.78. The third kappa shape index (κ3) is 4.72. The van der Waals surface area contributed by atoms with Gasteiger partial charge in [0.2, 0.25) is 0 Å². The molecule has 1 atom stereocenters. The Hall–Kier alpha value is -2.53. The lowest BCUT2D eigenvalue weighted by Gasteiger charge is -2.13. The van der Waals surface area contributed by atoms with Crippen molar-refractivity contribution in [2.24, 2.45) is 5.73 Å². The second-order valence-corrected chi connectivity index (χ2v) is 5.30. The van der Waals surface area contributed by atoms with Gasteiger partial charge in [0.15, 0.2) is 6.10 Å². The van der Waals surface area contributed by atoms with E-state index in [2.05, 4.69) is 0 Å². The Morgan fingerprint density at radius 2 is 1.78 bits per heavy atom. The average Bonchev–Trinajstić information content (AvgIpc) is 2.54.